The Kier molecular flexibility index (Phi) is 5.92. The summed E-state index contributed by atoms with van der Waals surface area (Å²) in [7, 11) is 0. The predicted octanol–water partition coefficient (Wildman–Crippen LogP) is 12.6. The molecule has 0 heterocycles. The molecule has 1 aliphatic rings. The third-order valence-electron chi connectivity index (χ3n) is 10.0. The van der Waals surface area contributed by atoms with Gasteiger partial charge in [0, 0.05) is 22.5 Å². The molecule has 9 rings (SSSR count). The molecule has 0 fully saturated rings. The minimum atomic E-state index is -0.0529. The Morgan fingerprint density at radius 1 is 0.370 bits per heavy atom. The summed E-state index contributed by atoms with van der Waals surface area (Å²) in [5.41, 5.74) is 11.3. The van der Waals surface area contributed by atoms with E-state index in [4.69, 9.17) is 0 Å². The Bertz CT molecular complexity index is 2430. The Morgan fingerprint density at radius 2 is 0.957 bits per heavy atom. The maximum absolute atomic E-state index is 2.40. The van der Waals surface area contributed by atoms with Gasteiger partial charge in [-0.1, -0.05) is 135 Å². The highest BCUT2D eigenvalue weighted by atomic mass is 15.1. The smallest absolute Gasteiger partial charge is 0.0465 e. The van der Waals surface area contributed by atoms with Gasteiger partial charge in [-0.25, -0.2) is 0 Å². The van der Waals surface area contributed by atoms with Gasteiger partial charge in [-0.15, -0.1) is 0 Å². The van der Waals surface area contributed by atoms with Gasteiger partial charge in [-0.2, -0.15) is 0 Å². The number of anilines is 3. The van der Waals surface area contributed by atoms with Crippen LogP contribution in [0.5, 0.6) is 0 Å². The monoisotopic (exact) mass is 587 g/mol. The molecule has 1 aliphatic carbocycles. The Labute approximate surface area is 270 Å². The highest BCUT2D eigenvalue weighted by molar-refractivity contribution is 6.17. The lowest BCUT2D eigenvalue weighted by Crippen LogP contribution is -2.16. The van der Waals surface area contributed by atoms with E-state index in [0.717, 1.165) is 11.4 Å². The lowest BCUT2D eigenvalue weighted by atomic mass is 9.82. The highest BCUT2D eigenvalue weighted by Gasteiger charge is 2.35. The van der Waals surface area contributed by atoms with E-state index in [-0.39, 0.29) is 5.41 Å². The second kappa shape index (κ2) is 10.2. The van der Waals surface area contributed by atoms with Gasteiger partial charge in [0.25, 0.3) is 0 Å². The first kappa shape index (κ1) is 26.7. The van der Waals surface area contributed by atoms with Crippen LogP contribution in [0.15, 0.2) is 164 Å². The molecule has 0 spiro atoms. The van der Waals surface area contributed by atoms with E-state index in [9.17, 15) is 0 Å². The fourth-order valence-corrected chi connectivity index (χ4v) is 7.67. The molecule has 46 heavy (non-hydrogen) atoms. The molecular formula is C45H33N. The Morgan fingerprint density at radius 3 is 1.78 bits per heavy atom. The number of benzene rings is 8. The number of nitrogens with zero attached hydrogens (tertiary/aromatic N) is 1. The van der Waals surface area contributed by atoms with Crippen LogP contribution in [0, 0.1) is 0 Å². The van der Waals surface area contributed by atoms with E-state index < -0.39 is 0 Å². The van der Waals surface area contributed by atoms with Crippen LogP contribution in [0.2, 0.25) is 0 Å². The second-order valence-electron chi connectivity index (χ2n) is 13.0. The SMILES string of the molecule is CC1(C)c2ccccc2-c2ccc(N(c3ccccc3)c3ccc(-c4ccc5c(ccc6c7ccccc7ccc56)c4)cc3)cc21. The third kappa shape index (κ3) is 4.09. The quantitative estimate of drug-likeness (QED) is 0.185. The standard InChI is InChI=1S/C45H33N/c1-45(2)43-15-9-8-14-41(43)42-27-23-36(29-44(42)45)46(34-11-4-3-5-12-34)35-21-16-30(17-22-35)32-19-24-38-33(28-32)20-26-39-37-13-7-6-10-31(37)18-25-40(38)39/h3-29H,1-2H3. The zero-order valence-electron chi connectivity index (χ0n) is 26.0. The third-order valence-corrected chi connectivity index (χ3v) is 10.0. The van der Waals surface area contributed by atoms with E-state index in [0.29, 0.717) is 0 Å². The summed E-state index contributed by atoms with van der Waals surface area (Å²) >= 11 is 0. The van der Waals surface area contributed by atoms with Gasteiger partial charge in [0.15, 0.2) is 0 Å². The number of fused-ring (bicyclic) bond motifs is 8. The van der Waals surface area contributed by atoms with Gasteiger partial charge in [0.1, 0.15) is 0 Å². The largest absolute Gasteiger partial charge is 0.310 e. The highest BCUT2D eigenvalue weighted by Crippen LogP contribution is 2.50. The van der Waals surface area contributed by atoms with Crippen LogP contribution in [-0.4, -0.2) is 0 Å². The molecule has 218 valence electrons. The molecule has 1 nitrogen and oxygen atoms in total. The van der Waals surface area contributed by atoms with E-state index in [1.807, 2.05) is 0 Å². The Balaban J connectivity index is 1.11. The van der Waals surface area contributed by atoms with Crippen molar-refractivity contribution in [2.24, 2.45) is 0 Å². The minimum absolute atomic E-state index is 0.0529. The first-order chi connectivity index (χ1) is 22.6. The number of rotatable bonds is 4. The van der Waals surface area contributed by atoms with Crippen LogP contribution < -0.4 is 4.90 Å². The summed E-state index contributed by atoms with van der Waals surface area (Å²) in [6.45, 7) is 4.69. The summed E-state index contributed by atoms with van der Waals surface area (Å²) in [6.07, 6.45) is 0. The number of hydrogen-bond acceptors (Lipinski definition) is 1. The molecule has 0 unspecified atom stereocenters. The number of para-hydroxylation sites is 1. The first-order valence-electron chi connectivity index (χ1n) is 16.1. The lowest BCUT2D eigenvalue weighted by Gasteiger charge is -2.28. The van der Waals surface area contributed by atoms with Crippen LogP contribution in [0.1, 0.15) is 25.0 Å². The first-order valence-corrected chi connectivity index (χ1v) is 16.1. The summed E-state index contributed by atoms with van der Waals surface area (Å²) in [4.78, 5) is 2.37. The molecular weight excluding hydrogens is 555 g/mol. The van der Waals surface area contributed by atoms with Gasteiger partial charge in [-0.05, 0) is 108 Å². The van der Waals surface area contributed by atoms with Crippen LogP contribution in [0.4, 0.5) is 17.1 Å². The zero-order valence-corrected chi connectivity index (χ0v) is 26.0. The molecule has 0 N–H and O–H groups in total. The van der Waals surface area contributed by atoms with Crippen molar-refractivity contribution in [1.82, 2.24) is 0 Å². The van der Waals surface area contributed by atoms with E-state index in [1.54, 1.807) is 0 Å². The van der Waals surface area contributed by atoms with Crippen molar-refractivity contribution in [3.05, 3.63) is 175 Å². The van der Waals surface area contributed by atoms with Crippen LogP contribution in [0.25, 0.3) is 54.6 Å². The van der Waals surface area contributed by atoms with E-state index >= 15 is 0 Å². The molecule has 0 amide bonds. The van der Waals surface area contributed by atoms with Crippen molar-refractivity contribution >= 4 is 49.4 Å². The molecule has 0 atom stereocenters. The topological polar surface area (TPSA) is 3.24 Å². The maximum Gasteiger partial charge on any atom is 0.0465 e. The van der Waals surface area contributed by atoms with Crippen molar-refractivity contribution in [2.45, 2.75) is 19.3 Å². The molecule has 1 heteroatoms. The van der Waals surface area contributed by atoms with Crippen molar-refractivity contribution in [2.75, 3.05) is 4.90 Å². The molecule has 0 saturated carbocycles. The van der Waals surface area contributed by atoms with Gasteiger partial charge in [0.05, 0.1) is 0 Å². The maximum atomic E-state index is 2.40. The summed E-state index contributed by atoms with van der Waals surface area (Å²) in [5, 5.41) is 7.75. The zero-order chi connectivity index (χ0) is 30.8. The molecule has 0 saturated heterocycles. The lowest BCUT2D eigenvalue weighted by molar-refractivity contribution is 0.660. The number of hydrogen-bond donors (Lipinski definition) is 0. The summed E-state index contributed by atoms with van der Waals surface area (Å²) < 4.78 is 0. The molecule has 0 aromatic heterocycles. The average molecular weight is 588 g/mol. The summed E-state index contributed by atoms with van der Waals surface area (Å²) in [5.74, 6) is 0. The van der Waals surface area contributed by atoms with Crippen molar-refractivity contribution in [1.29, 1.82) is 0 Å². The van der Waals surface area contributed by atoms with Crippen molar-refractivity contribution in [3.8, 4) is 22.3 Å². The molecule has 0 aliphatic heterocycles. The van der Waals surface area contributed by atoms with Gasteiger partial charge < -0.3 is 4.90 Å². The normalized spacial score (nSPS) is 13.2. The van der Waals surface area contributed by atoms with Crippen molar-refractivity contribution in [3.63, 3.8) is 0 Å². The molecule has 0 radical (unpaired) electrons. The molecule has 8 aromatic rings. The molecule has 0 bridgehead atoms. The van der Waals surface area contributed by atoms with Crippen LogP contribution in [-0.2, 0) is 5.41 Å². The predicted molar refractivity (Wildman–Crippen MR) is 197 cm³/mol. The second-order valence-corrected chi connectivity index (χ2v) is 13.0. The van der Waals surface area contributed by atoms with Crippen LogP contribution in [0.3, 0.4) is 0 Å². The van der Waals surface area contributed by atoms with E-state index in [2.05, 4.69) is 183 Å². The molecule has 8 aromatic carbocycles. The fraction of sp³-hybridized carbons (Fsp3) is 0.0667. The minimum Gasteiger partial charge on any atom is -0.310 e. The van der Waals surface area contributed by atoms with Crippen molar-refractivity contribution < 1.29 is 0 Å². The average Bonchev–Trinajstić information content (AvgIpc) is 3.34. The van der Waals surface area contributed by atoms with Gasteiger partial charge in [-0.3, -0.25) is 0 Å². The fourth-order valence-electron chi connectivity index (χ4n) is 7.67. The van der Waals surface area contributed by atoms with E-state index in [1.165, 1.54) is 71.4 Å². The van der Waals surface area contributed by atoms with Crippen LogP contribution >= 0.6 is 0 Å². The van der Waals surface area contributed by atoms with Gasteiger partial charge in [0.2, 0.25) is 0 Å². The summed E-state index contributed by atoms with van der Waals surface area (Å²) in [6, 6.07) is 60.1. The van der Waals surface area contributed by atoms with Gasteiger partial charge >= 0.3 is 0 Å². The Hall–Kier alpha value is -5.66.